The molecule has 1 saturated heterocycles. The van der Waals surface area contributed by atoms with Crippen molar-refractivity contribution in [2.24, 2.45) is 0 Å². The molecule has 1 aliphatic heterocycles. The van der Waals surface area contributed by atoms with Crippen molar-refractivity contribution >= 4 is 5.91 Å². The molecular weight excluding hydrogens is 406 g/mol. The maximum atomic E-state index is 12.6. The maximum absolute atomic E-state index is 12.6. The van der Waals surface area contributed by atoms with Crippen molar-refractivity contribution in [1.29, 1.82) is 0 Å². The highest BCUT2D eigenvalue weighted by atomic mass is 16.5. The molecule has 0 N–H and O–H groups in total. The summed E-state index contributed by atoms with van der Waals surface area (Å²) >= 11 is 0. The molecule has 3 aromatic rings. The van der Waals surface area contributed by atoms with Crippen molar-refractivity contribution in [3.05, 3.63) is 60.0 Å². The van der Waals surface area contributed by atoms with Gasteiger partial charge in [0.25, 0.3) is 0 Å². The van der Waals surface area contributed by atoms with E-state index in [2.05, 4.69) is 17.1 Å². The number of unbranched alkanes of at least 4 members (excludes halogenated alkanes) is 1. The van der Waals surface area contributed by atoms with Crippen molar-refractivity contribution in [2.75, 3.05) is 19.8 Å². The topological polar surface area (TPSA) is 77.7 Å². The standard InChI is InChI=1S/C25H29N3O4/c1-3-5-14-31-22-12-8-19(9-13-22)24-26-25(32-27-24)20-15-23(29)28(17-20)16-18-6-10-21(11-7-18)30-4-2/h6-13,20H,3-5,14-17H2,1-2H3. The van der Waals surface area contributed by atoms with Crippen molar-refractivity contribution in [2.45, 2.75) is 45.6 Å². The molecular formula is C25H29N3O4. The Hall–Kier alpha value is -3.35. The summed E-state index contributed by atoms with van der Waals surface area (Å²) in [6, 6.07) is 15.5. The van der Waals surface area contributed by atoms with Crippen LogP contribution in [0.4, 0.5) is 0 Å². The summed E-state index contributed by atoms with van der Waals surface area (Å²) in [4.78, 5) is 19.0. The van der Waals surface area contributed by atoms with E-state index in [1.165, 1.54) is 0 Å². The summed E-state index contributed by atoms with van der Waals surface area (Å²) in [5, 5.41) is 4.13. The fraction of sp³-hybridized carbons (Fsp3) is 0.400. The van der Waals surface area contributed by atoms with Crippen LogP contribution in [0.1, 0.15) is 50.5 Å². The third kappa shape index (κ3) is 5.28. The van der Waals surface area contributed by atoms with E-state index in [4.69, 9.17) is 14.0 Å². The van der Waals surface area contributed by atoms with Gasteiger partial charge in [-0.3, -0.25) is 4.79 Å². The van der Waals surface area contributed by atoms with Gasteiger partial charge in [-0.2, -0.15) is 4.98 Å². The van der Waals surface area contributed by atoms with E-state index in [9.17, 15) is 4.79 Å². The Labute approximate surface area is 188 Å². The van der Waals surface area contributed by atoms with Gasteiger partial charge < -0.3 is 18.9 Å². The zero-order valence-electron chi connectivity index (χ0n) is 18.6. The first-order valence-corrected chi connectivity index (χ1v) is 11.2. The fourth-order valence-electron chi connectivity index (χ4n) is 3.72. The Morgan fingerprint density at radius 3 is 2.47 bits per heavy atom. The van der Waals surface area contributed by atoms with Gasteiger partial charge >= 0.3 is 0 Å². The Bertz CT molecular complexity index is 1010. The van der Waals surface area contributed by atoms with Gasteiger partial charge in [0.15, 0.2) is 0 Å². The highest BCUT2D eigenvalue weighted by molar-refractivity contribution is 5.79. The summed E-state index contributed by atoms with van der Waals surface area (Å²) in [6.45, 7) is 6.56. The number of hydrogen-bond donors (Lipinski definition) is 0. The molecule has 1 unspecified atom stereocenters. The number of nitrogens with zero attached hydrogens (tertiary/aromatic N) is 3. The Morgan fingerprint density at radius 1 is 1.03 bits per heavy atom. The predicted octanol–water partition coefficient (Wildman–Crippen LogP) is 4.83. The quantitative estimate of drug-likeness (QED) is 0.425. The average Bonchev–Trinajstić information content (AvgIpc) is 3.43. The second-order valence-electron chi connectivity index (χ2n) is 7.93. The van der Waals surface area contributed by atoms with Crippen molar-refractivity contribution < 1.29 is 18.8 Å². The molecule has 1 aromatic heterocycles. The van der Waals surface area contributed by atoms with Gasteiger partial charge in [0.2, 0.25) is 17.6 Å². The predicted molar refractivity (Wildman–Crippen MR) is 121 cm³/mol. The number of carbonyl (C=O) groups excluding carboxylic acids is 1. The van der Waals surface area contributed by atoms with Crippen LogP contribution in [0, 0.1) is 0 Å². The molecule has 1 atom stereocenters. The van der Waals surface area contributed by atoms with Gasteiger partial charge in [-0.25, -0.2) is 0 Å². The van der Waals surface area contributed by atoms with Crippen molar-refractivity contribution in [1.82, 2.24) is 15.0 Å². The summed E-state index contributed by atoms with van der Waals surface area (Å²) in [5.74, 6) is 2.70. The van der Waals surface area contributed by atoms with Crippen LogP contribution in [-0.2, 0) is 11.3 Å². The largest absolute Gasteiger partial charge is 0.494 e. The van der Waals surface area contributed by atoms with Crippen LogP contribution in [0.2, 0.25) is 0 Å². The molecule has 7 nitrogen and oxygen atoms in total. The number of likely N-dealkylation sites (tertiary alicyclic amines) is 1. The molecule has 4 rings (SSSR count). The fourth-order valence-corrected chi connectivity index (χ4v) is 3.72. The molecule has 0 saturated carbocycles. The molecule has 0 bridgehead atoms. The molecule has 168 valence electrons. The van der Waals surface area contributed by atoms with Crippen molar-refractivity contribution in [3.63, 3.8) is 0 Å². The molecule has 0 aliphatic carbocycles. The van der Waals surface area contributed by atoms with E-state index < -0.39 is 0 Å². The Balaban J connectivity index is 1.36. The van der Waals surface area contributed by atoms with Crippen molar-refractivity contribution in [3.8, 4) is 22.9 Å². The average molecular weight is 436 g/mol. The van der Waals surface area contributed by atoms with Crippen LogP contribution < -0.4 is 9.47 Å². The molecule has 2 heterocycles. The number of rotatable bonds is 10. The van der Waals surface area contributed by atoms with Crippen LogP contribution in [-0.4, -0.2) is 40.7 Å². The molecule has 0 spiro atoms. The zero-order chi connectivity index (χ0) is 22.3. The first-order chi connectivity index (χ1) is 15.7. The SMILES string of the molecule is CCCCOc1ccc(-c2noc(C3CC(=O)N(Cc4ccc(OCC)cc4)C3)n2)cc1. The first-order valence-electron chi connectivity index (χ1n) is 11.2. The second-order valence-corrected chi connectivity index (χ2v) is 7.93. The van der Waals surface area contributed by atoms with E-state index in [0.29, 0.717) is 44.4 Å². The van der Waals surface area contributed by atoms with Gasteiger partial charge in [0, 0.05) is 25.1 Å². The minimum absolute atomic E-state index is 0.0944. The number of aromatic nitrogens is 2. The normalized spacial score (nSPS) is 15.9. The van der Waals surface area contributed by atoms with Gasteiger partial charge in [-0.05, 0) is 55.3 Å². The molecule has 32 heavy (non-hydrogen) atoms. The highest BCUT2D eigenvalue weighted by Crippen LogP contribution is 2.30. The van der Waals surface area contributed by atoms with E-state index >= 15 is 0 Å². The van der Waals surface area contributed by atoms with E-state index in [1.54, 1.807) is 0 Å². The Morgan fingerprint density at radius 2 is 1.75 bits per heavy atom. The lowest BCUT2D eigenvalue weighted by Gasteiger charge is -2.16. The van der Waals surface area contributed by atoms with E-state index in [-0.39, 0.29) is 11.8 Å². The van der Waals surface area contributed by atoms with Gasteiger partial charge in [-0.15, -0.1) is 0 Å². The molecule has 0 radical (unpaired) electrons. The lowest BCUT2D eigenvalue weighted by Crippen LogP contribution is -2.24. The number of ether oxygens (including phenoxy) is 2. The highest BCUT2D eigenvalue weighted by Gasteiger charge is 2.34. The van der Waals surface area contributed by atoms with Crippen LogP contribution in [0.25, 0.3) is 11.4 Å². The molecule has 7 heteroatoms. The van der Waals surface area contributed by atoms with E-state index in [0.717, 1.165) is 35.5 Å². The van der Waals surface area contributed by atoms with Crippen LogP contribution >= 0.6 is 0 Å². The molecule has 1 amide bonds. The molecule has 2 aromatic carbocycles. The number of benzene rings is 2. The third-order valence-electron chi connectivity index (χ3n) is 5.49. The number of carbonyl (C=O) groups is 1. The Kier molecular flexibility index (Phi) is 7.04. The third-order valence-corrected chi connectivity index (χ3v) is 5.49. The van der Waals surface area contributed by atoms with Gasteiger partial charge in [-0.1, -0.05) is 30.6 Å². The zero-order valence-corrected chi connectivity index (χ0v) is 18.6. The summed E-state index contributed by atoms with van der Waals surface area (Å²) in [5.41, 5.74) is 1.92. The minimum Gasteiger partial charge on any atom is -0.494 e. The van der Waals surface area contributed by atoms with E-state index in [1.807, 2.05) is 60.4 Å². The monoisotopic (exact) mass is 435 g/mol. The summed E-state index contributed by atoms with van der Waals surface area (Å²) in [6.07, 6.45) is 2.51. The summed E-state index contributed by atoms with van der Waals surface area (Å²) in [7, 11) is 0. The van der Waals surface area contributed by atoms with Gasteiger partial charge in [0.05, 0.1) is 19.1 Å². The second kappa shape index (κ2) is 10.3. The molecule has 1 fully saturated rings. The first kappa shape index (κ1) is 21.9. The summed E-state index contributed by atoms with van der Waals surface area (Å²) < 4.78 is 16.7. The number of amides is 1. The van der Waals surface area contributed by atoms with Gasteiger partial charge in [0.1, 0.15) is 11.5 Å². The lowest BCUT2D eigenvalue weighted by molar-refractivity contribution is -0.128. The smallest absolute Gasteiger partial charge is 0.232 e. The van der Waals surface area contributed by atoms with Crippen LogP contribution in [0.15, 0.2) is 53.1 Å². The van der Waals surface area contributed by atoms with Crippen LogP contribution in [0.5, 0.6) is 11.5 Å². The lowest BCUT2D eigenvalue weighted by atomic mass is 10.1. The number of hydrogen-bond acceptors (Lipinski definition) is 6. The van der Waals surface area contributed by atoms with Crippen LogP contribution in [0.3, 0.4) is 0 Å². The molecule has 1 aliphatic rings. The maximum Gasteiger partial charge on any atom is 0.232 e. The minimum atomic E-state index is -0.0944.